The fraction of sp³-hybridized carbons (Fsp3) is 0.471. The van der Waals surface area contributed by atoms with Gasteiger partial charge in [-0.3, -0.25) is 0 Å². The summed E-state index contributed by atoms with van der Waals surface area (Å²) in [6, 6.07) is 11.2. The lowest BCUT2D eigenvalue weighted by Crippen LogP contribution is -2.27. The molecule has 1 N–H and O–H groups in total. The summed E-state index contributed by atoms with van der Waals surface area (Å²) in [5, 5.41) is 4.89. The maximum absolute atomic E-state index is 4.56. The molecular formula is C17H22N2S. The van der Waals surface area contributed by atoms with Gasteiger partial charge in [0.2, 0.25) is 0 Å². The van der Waals surface area contributed by atoms with Crippen LogP contribution in [-0.4, -0.2) is 11.0 Å². The van der Waals surface area contributed by atoms with Crippen LogP contribution in [0, 0.1) is 0 Å². The number of nitrogens with zero attached hydrogens (tertiary/aromatic N) is 1. The van der Waals surface area contributed by atoms with Gasteiger partial charge in [-0.2, -0.15) is 0 Å². The van der Waals surface area contributed by atoms with Gasteiger partial charge in [0.1, 0.15) is 5.01 Å². The van der Waals surface area contributed by atoms with E-state index >= 15 is 0 Å². The average Bonchev–Trinajstić information content (AvgIpc) is 2.82. The van der Waals surface area contributed by atoms with Crippen molar-refractivity contribution < 1.29 is 0 Å². The molecule has 1 aromatic carbocycles. The van der Waals surface area contributed by atoms with Gasteiger partial charge in [0.15, 0.2) is 0 Å². The van der Waals surface area contributed by atoms with E-state index in [4.69, 9.17) is 0 Å². The lowest BCUT2D eigenvalue weighted by atomic mass is 10.1. The molecule has 3 heteroatoms. The minimum Gasteiger partial charge on any atom is -0.308 e. The molecule has 1 saturated carbocycles. The van der Waals surface area contributed by atoms with E-state index in [9.17, 15) is 0 Å². The molecule has 106 valence electrons. The van der Waals surface area contributed by atoms with Gasteiger partial charge in [0.05, 0.1) is 4.88 Å². The van der Waals surface area contributed by atoms with E-state index in [1.165, 1.54) is 54.0 Å². The summed E-state index contributed by atoms with van der Waals surface area (Å²) in [5.41, 5.74) is 1.27. The summed E-state index contributed by atoms with van der Waals surface area (Å²) in [6.45, 7) is 0.919. The van der Waals surface area contributed by atoms with E-state index in [2.05, 4.69) is 40.6 Å². The van der Waals surface area contributed by atoms with Crippen LogP contribution in [0.2, 0.25) is 0 Å². The summed E-state index contributed by atoms with van der Waals surface area (Å²) in [6.07, 6.45) is 10.2. The average molecular weight is 286 g/mol. The first-order chi connectivity index (χ1) is 9.92. The highest BCUT2D eigenvalue weighted by Crippen LogP contribution is 2.26. The molecular weight excluding hydrogens is 264 g/mol. The Hall–Kier alpha value is -1.19. The summed E-state index contributed by atoms with van der Waals surface area (Å²) in [7, 11) is 0. The molecule has 1 aliphatic rings. The zero-order valence-corrected chi connectivity index (χ0v) is 12.7. The number of hydrogen-bond donors (Lipinski definition) is 1. The normalized spacial score (nSPS) is 17.0. The minimum absolute atomic E-state index is 0.696. The molecule has 3 rings (SSSR count). The molecule has 0 aliphatic heterocycles. The fourth-order valence-corrected chi connectivity index (χ4v) is 3.72. The molecule has 2 aromatic rings. The standard InChI is InChI=1S/C17H22N2S/c1-2-7-11-15(10-6-1)18-13-17-19-12-16(20-17)14-8-4-3-5-9-14/h3-5,8-9,12,15,18H,1-2,6-7,10-11,13H2. The lowest BCUT2D eigenvalue weighted by molar-refractivity contribution is 0.458. The molecule has 0 spiro atoms. The van der Waals surface area contributed by atoms with Crippen molar-refractivity contribution in [1.82, 2.24) is 10.3 Å². The van der Waals surface area contributed by atoms with Crippen molar-refractivity contribution in [3.8, 4) is 10.4 Å². The van der Waals surface area contributed by atoms with Crippen LogP contribution in [0.1, 0.15) is 43.5 Å². The minimum atomic E-state index is 0.696. The molecule has 20 heavy (non-hydrogen) atoms. The van der Waals surface area contributed by atoms with Crippen LogP contribution in [0.25, 0.3) is 10.4 Å². The van der Waals surface area contributed by atoms with E-state index in [1.807, 2.05) is 6.20 Å². The number of benzene rings is 1. The number of rotatable bonds is 4. The SMILES string of the molecule is c1ccc(-c2cnc(CNC3CCCCCC3)s2)cc1. The first-order valence-electron chi connectivity index (χ1n) is 7.65. The number of thiazole rings is 1. The van der Waals surface area contributed by atoms with Crippen molar-refractivity contribution in [3.63, 3.8) is 0 Å². The van der Waals surface area contributed by atoms with Crippen molar-refractivity contribution in [2.45, 2.75) is 51.1 Å². The molecule has 1 heterocycles. The van der Waals surface area contributed by atoms with Gasteiger partial charge in [-0.05, 0) is 18.4 Å². The van der Waals surface area contributed by atoms with Crippen LogP contribution in [-0.2, 0) is 6.54 Å². The van der Waals surface area contributed by atoms with E-state index in [0.717, 1.165) is 6.54 Å². The van der Waals surface area contributed by atoms with Gasteiger partial charge in [-0.15, -0.1) is 11.3 Å². The highest BCUT2D eigenvalue weighted by Gasteiger charge is 2.12. The Morgan fingerprint density at radius 3 is 2.55 bits per heavy atom. The third kappa shape index (κ3) is 3.68. The maximum atomic E-state index is 4.56. The third-order valence-electron chi connectivity index (χ3n) is 4.01. The molecule has 0 atom stereocenters. The number of aromatic nitrogens is 1. The monoisotopic (exact) mass is 286 g/mol. The van der Waals surface area contributed by atoms with Crippen molar-refractivity contribution >= 4 is 11.3 Å². The molecule has 1 aliphatic carbocycles. The van der Waals surface area contributed by atoms with E-state index in [1.54, 1.807) is 11.3 Å². The van der Waals surface area contributed by atoms with E-state index in [-0.39, 0.29) is 0 Å². The molecule has 0 saturated heterocycles. The molecule has 0 amide bonds. The second-order valence-electron chi connectivity index (χ2n) is 5.55. The second-order valence-corrected chi connectivity index (χ2v) is 6.67. The van der Waals surface area contributed by atoms with Crippen LogP contribution in [0.3, 0.4) is 0 Å². The van der Waals surface area contributed by atoms with Crippen LogP contribution < -0.4 is 5.32 Å². The van der Waals surface area contributed by atoms with Crippen molar-refractivity contribution in [2.24, 2.45) is 0 Å². The molecule has 0 radical (unpaired) electrons. The largest absolute Gasteiger partial charge is 0.308 e. The van der Waals surface area contributed by atoms with Gasteiger partial charge >= 0.3 is 0 Å². The van der Waals surface area contributed by atoms with Crippen LogP contribution in [0.4, 0.5) is 0 Å². The van der Waals surface area contributed by atoms with Gasteiger partial charge in [0, 0.05) is 18.8 Å². The summed E-state index contributed by atoms with van der Waals surface area (Å²) in [4.78, 5) is 5.82. The third-order valence-corrected chi connectivity index (χ3v) is 5.06. The quantitative estimate of drug-likeness (QED) is 0.829. The highest BCUT2D eigenvalue weighted by atomic mass is 32.1. The molecule has 1 aromatic heterocycles. The molecule has 1 fully saturated rings. The first-order valence-corrected chi connectivity index (χ1v) is 8.47. The Morgan fingerprint density at radius 2 is 1.80 bits per heavy atom. The Bertz CT molecular complexity index is 513. The topological polar surface area (TPSA) is 24.9 Å². The zero-order chi connectivity index (χ0) is 13.6. The van der Waals surface area contributed by atoms with Crippen LogP contribution >= 0.6 is 11.3 Å². The fourth-order valence-electron chi connectivity index (χ4n) is 2.84. The maximum Gasteiger partial charge on any atom is 0.107 e. The molecule has 2 nitrogen and oxygen atoms in total. The number of hydrogen-bond acceptors (Lipinski definition) is 3. The van der Waals surface area contributed by atoms with Crippen LogP contribution in [0.5, 0.6) is 0 Å². The smallest absolute Gasteiger partial charge is 0.107 e. The van der Waals surface area contributed by atoms with Gasteiger partial charge in [-0.1, -0.05) is 56.0 Å². The highest BCUT2D eigenvalue weighted by molar-refractivity contribution is 7.15. The summed E-state index contributed by atoms with van der Waals surface area (Å²) >= 11 is 1.81. The lowest BCUT2D eigenvalue weighted by Gasteiger charge is -2.14. The summed E-state index contributed by atoms with van der Waals surface area (Å²) in [5.74, 6) is 0. The predicted molar refractivity (Wildman–Crippen MR) is 85.9 cm³/mol. The zero-order valence-electron chi connectivity index (χ0n) is 11.8. The van der Waals surface area contributed by atoms with Crippen LogP contribution in [0.15, 0.2) is 36.5 Å². The van der Waals surface area contributed by atoms with E-state index < -0.39 is 0 Å². The Morgan fingerprint density at radius 1 is 1.05 bits per heavy atom. The second kappa shape index (κ2) is 7.00. The Labute approximate surface area is 125 Å². The Kier molecular flexibility index (Phi) is 4.82. The molecule has 0 unspecified atom stereocenters. The van der Waals surface area contributed by atoms with Crippen molar-refractivity contribution in [3.05, 3.63) is 41.5 Å². The van der Waals surface area contributed by atoms with Crippen molar-refractivity contribution in [1.29, 1.82) is 0 Å². The van der Waals surface area contributed by atoms with Gasteiger partial charge < -0.3 is 5.32 Å². The van der Waals surface area contributed by atoms with Crippen molar-refractivity contribution in [2.75, 3.05) is 0 Å². The first kappa shape index (κ1) is 13.8. The number of nitrogens with one attached hydrogen (secondary N) is 1. The van der Waals surface area contributed by atoms with Gasteiger partial charge in [0.25, 0.3) is 0 Å². The van der Waals surface area contributed by atoms with Gasteiger partial charge in [-0.25, -0.2) is 4.98 Å². The van der Waals surface area contributed by atoms with E-state index in [0.29, 0.717) is 6.04 Å². The predicted octanol–water partition coefficient (Wildman–Crippen LogP) is 4.62. The Balaban J connectivity index is 1.57. The molecule has 0 bridgehead atoms. The summed E-state index contributed by atoms with van der Waals surface area (Å²) < 4.78 is 0.